The zero-order valence-electron chi connectivity index (χ0n) is 13.9. The predicted molar refractivity (Wildman–Crippen MR) is 87.6 cm³/mol. The Morgan fingerprint density at radius 1 is 1.04 bits per heavy atom. The predicted octanol–water partition coefficient (Wildman–Crippen LogP) is -1.22. The molecule has 9 nitrogen and oxygen atoms in total. The van der Waals surface area contributed by atoms with Crippen molar-refractivity contribution in [1.82, 2.24) is 25.3 Å². The maximum atomic E-state index is 11.6. The van der Waals surface area contributed by atoms with Gasteiger partial charge in [-0.3, -0.25) is 9.80 Å². The third-order valence-corrected chi connectivity index (χ3v) is 3.76. The van der Waals surface area contributed by atoms with Gasteiger partial charge in [0.2, 0.25) is 0 Å². The van der Waals surface area contributed by atoms with Crippen LogP contribution in [0.5, 0.6) is 0 Å². The first kappa shape index (κ1) is 19.7. The molecule has 0 spiro atoms. The highest BCUT2D eigenvalue weighted by Gasteiger charge is 2.19. The Morgan fingerprint density at radius 2 is 1.75 bits per heavy atom. The molecule has 0 aromatic carbocycles. The van der Waals surface area contributed by atoms with Crippen LogP contribution in [0.2, 0.25) is 0 Å². The molecule has 0 atom stereocenters. The number of carbonyl (C=O) groups is 1. The highest BCUT2D eigenvalue weighted by Crippen LogP contribution is 1.99. The van der Waals surface area contributed by atoms with Gasteiger partial charge < -0.3 is 15.5 Å². The molecule has 1 heterocycles. The van der Waals surface area contributed by atoms with Gasteiger partial charge in [0.05, 0.1) is 37.8 Å². The number of urea groups is 1. The molecule has 0 aromatic rings. The number of nitrogens with one attached hydrogen (secondary N) is 2. The SMILES string of the molecule is N#CCNCCN(CCN(CC#N)CC#N)CCN1CCNC1=O. The number of hydrogen-bond acceptors (Lipinski definition) is 7. The number of hydrogen-bond donors (Lipinski definition) is 2. The van der Waals surface area contributed by atoms with Crippen LogP contribution >= 0.6 is 0 Å². The van der Waals surface area contributed by atoms with E-state index < -0.39 is 0 Å². The maximum absolute atomic E-state index is 11.6. The van der Waals surface area contributed by atoms with Gasteiger partial charge in [-0.25, -0.2) is 4.79 Å². The van der Waals surface area contributed by atoms with E-state index in [9.17, 15) is 4.79 Å². The van der Waals surface area contributed by atoms with Crippen molar-refractivity contribution in [2.75, 3.05) is 72.0 Å². The van der Waals surface area contributed by atoms with E-state index >= 15 is 0 Å². The van der Waals surface area contributed by atoms with Crippen LogP contribution in [-0.2, 0) is 0 Å². The van der Waals surface area contributed by atoms with Gasteiger partial charge in [0.1, 0.15) is 0 Å². The second-order valence-electron chi connectivity index (χ2n) is 5.42. The largest absolute Gasteiger partial charge is 0.336 e. The summed E-state index contributed by atoms with van der Waals surface area (Å²) in [5.41, 5.74) is 0. The van der Waals surface area contributed by atoms with Crippen LogP contribution in [0.3, 0.4) is 0 Å². The molecular formula is C15H24N8O. The smallest absolute Gasteiger partial charge is 0.317 e. The van der Waals surface area contributed by atoms with Crippen LogP contribution in [0.4, 0.5) is 4.79 Å². The summed E-state index contributed by atoms with van der Waals surface area (Å²) in [5, 5.41) is 32.0. The molecule has 1 fully saturated rings. The molecule has 0 saturated carbocycles. The van der Waals surface area contributed by atoms with Crippen molar-refractivity contribution in [2.24, 2.45) is 0 Å². The molecule has 130 valence electrons. The first-order valence-electron chi connectivity index (χ1n) is 8.00. The molecule has 0 radical (unpaired) electrons. The molecular weight excluding hydrogens is 308 g/mol. The first-order valence-corrected chi connectivity index (χ1v) is 8.00. The van der Waals surface area contributed by atoms with E-state index in [1.165, 1.54) is 0 Å². The highest BCUT2D eigenvalue weighted by molar-refractivity contribution is 5.76. The van der Waals surface area contributed by atoms with Gasteiger partial charge in [0.25, 0.3) is 0 Å². The van der Waals surface area contributed by atoms with Gasteiger partial charge in [-0.05, 0) is 0 Å². The molecule has 1 aliphatic rings. The zero-order chi connectivity index (χ0) is 17.6. The monoisotopic (exact) mass is 332 g/mol. The van der Waals surface area contributed by atoms with Crippen LogP contribution in [0, 0.1) is 34.0 Å². The molecule has 0 aliphatic carbocycles. The third kappa shape index (κ3) is 7.75. The fourth-order valence-corrected chi connectivity index (χ4v) is 2.40. The van der Waals surface area contributed by atoms with Crippen molar-refractivity contribution in [2.45, 2.75) is 0 Å². The Labute approximate surface area is 143 Å². The molecule has 0 bridgehead atoms. The Morgan fingerprint density at radius 3 is 2.33 bits per heavy atom. The second kappa shape index (κ2) is 12.1. The van der Waals surface area contributed by atoms with Gasteiger partial charge in [-0.2, -0.15) is 15.8 Å². The van der Waals surface area contributed by atoms with E-state index in [1.807, 2.05) is 6.07 Å². The molecule has 1 saturated heterocycles. The molecule has 24 heavy (non-hydrogen) atoms. The lowest BCUT2D eigenvalue weighted by molar-refractivity contribution is 0.190. The van der Waals surface area contributed by atoms with Gasteiger partial charge in [0, 0.05) is 52.4 Å². The fraction of sp³-hybridized carbons (Fsp3) is 0.733. The van der Waals surface area contributed by atoms with Crippen LogP contribution < -0.4 is 10.6 Å². The summed E-state index contributed by atoms with van der Waals surface area (Å²) in [7, 11) is 0. The van der Waals surface area contributed by atoms with E-state index in [-0.39, 0.29) is 19.1 Å². The summed E-state index contributed by atoms with van der Waals surface area (Å²) in [5.74, 6) is 0. The van der Waals surface area contributed by atoms with Gasteiger partial charge in [-0.15, -0.1) is 0 Å². The van der Waals surface area contributed by atoms with E-state index in [4.69, 9.17) is 15.8 Å². The minimum absolute atomic E-state index is 0.0341. The Kier molecular flexibility index (Phi) is 9.91. The number of amides is 2. The standard InChI is InChI=1S/C15H24N8O/c16-1-4-19-5-9-22(12-11-21(7-2-17)8-3-18)13-14-23-10-6-20-15(23)24/h19H,4-14H2,(H,20,24). The Hall–Kier alpha value is -2.38. The van der Waals surface area contributed by atoms with Crippen molar-refractivity contribution < 1.29 is 4.79 Å². The summed E-state index contributed by atoms with van der Waals surface area (Å²) >= 11 is 0. The molecule has 0 unspecified atom stereocenters. The molecule has 2 N–H and O–H groups in total. The van der Waals surface area contributed by atoms with E-state index in [0.717, 1.165) is 6.54 Å². The topological polar surface area (TPSA) is 122 Å². The summed E-state index contributed by atoms with van der Waals surface area (Å²) in [6.07, 6.45) is 0. The average Bonchev–Trinajstić information content (AvgIpc) is 2.98. The third-order valence-electron chi connectivity index (χ3n) is 3.76. The summed E-state index contributed by atoms with van der Waals surface area (Å²) in [6, 6.07) is 6.13. The minimum Gasteiger partial charge on any atom is -0.336 e. The van der Waals surface area contributed by atoms with Gasteiger partial charge in [0.15, 0.2) is 0 Å². The quantitative estimate of drug-likeness (QED) is 0.339. The lowest BCUT2D eigenvalue weighted by atomic mass is 10.3. The summed E-state index contributed by atoms with van der Waals surface area (Å²) < 4.78 is 0. The van der Waals surface area contributed by atoms with E-state index in [1.54, 1.807) is 9.80 Å². The summed E-state index contributed by atoms with van der Waals surface area (Å²) in [6.45, 7) is 6.24. The van der Waals surface area contributed by atoms with E-state index in [2.05, 4.69) is 27.7 Å². The normalized spacial score (nSPS) is 13.6. The van der Waals surface area contributed by atoms with Crippen molar-refractivity contribution in [3.05, 3.63) is 0 Å². The van der Waals surface area contributed by atoms with Gasteiger partial charge >= 0.3 is 6.03 Å². The maximum Gasteiger partial charge on any atom is 0.317 e. The van der Waals surface area contributed by atoms with Crippen LogP contribution in [0.15, 0.2) is 0 Å². The number of rotatable bonds is 12. The molecule has 9 heteroatoms. The van der Waals surface area contributed by atoms with Crippen molar-refractivity contribution in [3.63, 3.8) is 0 Å². The molecule has 1 rings (SSSR count). The van der Waals surface area contributed by atoms with Crippen LogP contribution in [-0.4, -0.2) is 92.7 Å². The number of carbonyl (C=O) groups excluding carboxylic acids is 1. The van der Waals surface area contributed by atoms with E-state index in [0.29, 0.717) is 52.4 Å². The van der Waals surface area contributed by atoms with Crippen molar-refractivity contribution >= 4 is 6.03 Å². The van der Waals surface area contributed by atoms with Crippen molar-refractivity contribution in [1.29, 1.82) is 15.8 Å². The molecule has 1 aliphatic heterocycles. The van der Waals surface area contributed by atoms with Crippen LogP contribution in [0.25, 0.3) is 0 Å². The lowest BCUT2D eigenvalue weighted by Gasteiger charge is -2.27. The fourth-order valence-electron chi connectivity index (χ4n) is 2.40. The zero-order valence-corrected chi connectivity index (χ0v) is 13.9. The minimum atomic E-state index is -0.0341. The number of nitriles is 3. The Bertz CT molecular complexity index is 487. The van der Waals surface area contributed by atoms with Gasteiger partial charge in [-0.1, -0.05) is 0 Å². The average molecular weight is 332 g/mol. The molecule has 2 amide bonds. The first-order chi connectivity index (χ1) is 11.7. The highest BCUT2D eigenvalue weighted by atomic mass is 16.2. The van der Waals surface area contributed by atoms with Crippen molar-refractivity contribution in [3.8, 4) is 18.2 Å². The van der Waals surface area contributed by atoms with Crippen LogP contribution in [0.1, 0.15) is 0 Å². The second-order valence-corrected chi connectivity index (χ2v) is 5.42. The number of nitrogens with zero attached hydrogens (tertiary/aromatic N) is 6. The Balaban J connectivity index is 2.43. The molecule has 0 aromatic heterocycles. The summed E-state index contributed by atoms with van der Waals surface area (Å²) in [4.78, 5) is 17.3. The lowest BCUT2D eigenvalue weighted by Crippen LogP contribution is -2.43.